The second-order valence-corrected chi connectivity index (χ2v) is 4.28. The van der Waals surface area contributed by atoms with Crippen molar-refractivity contribution in [1.82, 2.24) is 10.2 Å². The van der Waals surface area contributed by atoms with Crippen LogP contribution in [0.5, 0.6) is 0 Å². The van der Waals surface area contributed by atoms with Crippen molar-refractivity contribution in [3.8, 4) is 0 Å². The average molecular weight is 287 g/mol. The van der Waals surface area contributed by atoms with Gasteiger partial charge < -0.3 is 14.6 Å². The number of carbonyl (C=O) groups excluding carboxylic acids is 2. The first kappa shape index (κ1) is 11.2. The van der Waals surface area contributed by atoms with E-state index in [2.05, 4.69) is 21.2 Å². The third kappa shape index (κ3) is 2.44. The van der Waals surface area contributed by atoms with Gasteiger partial charge in [0, 0.05) is 26.1 Å². The fourth-order valence-corrected chi connectivity index (χ4v) is 1.86. The molecule has 0 unspecified atom stereocenters. The highest BCUT2D eigenvalue weighted by molar-refractivity contribution is 9.10. The van der Waals surface area contributed by atoms with Crippen LogP contribution < -0.4 is 5.32 Å². The summed E-state index contributed by atoms with van der Waals surface area (Å²) in [6.07, 6.45) is 0.341. The molecular weight excluding hydrogens is 276 g/mol. The van der Waals surface area contributed by atoms with Gasteiger partial charge in [0.15, 0.2) is 10.4 Å². The Morgan fingerprint density at radius 3 is 2.94 bits per heavy atom. The van der Waals surface area contributed by atoms with Crippen molar-refractivity contribution in [3.05, 3.63) is 22.6 Å². The van der Waals surface area contributed by atoms with Gasteiger partial charge in [0.1, 0.15) is 0 Å². The van der Waals surface area contributed by atoms with Crippen LogP contribution in [0.15, 0.2) is 21.2 Å². The maximum Gasteiger partial charge on any atom is 0.289 e. The highest BCUT2D eigenvalue weighted by Gasteiger charge is 2.21. The molecule has 0 aliphatic carbocycles. The third-order valence-corrected chi connectivity index (χ3v) is 2.81. The Morgan fingerprint density at radius 2 is 2.25 bits per heavy atom. The molecule has 2 heterocycles. The Hall–Kier alpha value is -1.30. The van der Waals surface area contributed by atoms with Gasteiger partial charge in [0.05, 0.1) is 0 Å². The normalized spacial score (nSPS) is 16.8. The van der Waals surface area contributed by atoms with Crippen LogP contribution in [0.3, 0.4) is 0 Å². The molecule has 1 aliphatic rings. The van der Waals surface area contributed by atoms with E-state index in [1.54, 1.807) is 17.0 Å². The SMILES string of the molecule is O=C1CCN(C(=O)c2ccc(Br)o2)CCN1. The molecule has 5 nitrogen and oxygen atoms in total. The summed E-state index contributed by atoms with van der Waals surface area (Å²) in [5, 5.41) is 2.71. The number of furan rings is 1. The van der Waals surface area contributed by atoms with E-state index >= 15 is 0 Å². The number of carbonyl (C=O) groups is 2. The van der Waals surface area contributed by atoms with E-state index in [1.807, 2.05) is 0 Å². The minimum atomic E-state index is -0.179. The standard InChI is InChI=1S/C10H11BrN2O3/c11-8-2-1-7(16-8)10(15)13-5-3-9(14)12-4-6-13/h1-2H,3-6H2,(H,12,14). The van der Waals surface area contributed by atoms with Crippen molar-refractivity contribution in [2.75, 3.05) is 19.6 Å². The minimum Gasteiger partial charge on any atom is -0.444 e. The van der Waals surface area contributed by atoms with Gasteiger partial charge in [0.25, 0.3) is 5.91 Å². The van der Waals surface area contributed by atoms with Crippen LogP contribution in [0.1, 0.15) is 17.0 Å². The van der Waals surface area contributed by atoms with Gasteiger partial charge in [-0.1, -0.05) is 0 Å². The zero-order valence-corrected chi connectivity index (χ0v) is 10.1. The quantitative estimate of drug-likeness (QED) is 0.838. The van der Waals surface area contributed by atoms with Crippen LogP contribution in [0.4, 0.5) is 0 Å². The summed E-state index contributed by atoms with van der Waals surface area (Å²) in [6.45, 7) is 1.44. The average Bonchev–Trinajstić information content (AvgIpc) is 2.57. The van der Waals surface area contributed by atoms with E-state index in [0.717, 1.165) is 0 Å². The van der Waals surface area contributed by atoms with Gasteiger partial charge in [-0.2, -0.15) is 0 Å². The highest BCUT2D eigenvalue weighted by Crippen LogP contribution is 2.16. The van der Waals surface area contributed by atoms with Crippen LogP contribution in [0.2, 0.25) is 0 Å². The van der Waals surface area contributed by atoms with Crippen LogP contribution in [-0.2, 0) is 4.79 Å². The van der Waals surface area contributed by atoms with Crippen molar-refractivity contribution >= 4 is 27.7 Å². The predicted octanol–water partition coefficient (Wildman–Crippen LogP) is 1.00. The molecule has 0 atom stereocenters. The van der Waals surface area contributed by atoms with Gasteiger partial charge in [-0.05, 0) is 28.1 Å². The summed E-state index contributed by atoms with van der Waals surface area (Å²) in [4.78, 5) is 24.7. The number of nitrogens with one attached hydrogen (secondary N) is 1. The van der Waals surface area contributed by atoms with Crippen molar-refractivity contribution in [1.29, 1.82) is 0 Å². The van der Waals surface area contributed by atoms with Crippen molar-refractivity contribution < 1.29 is 14.0 Å². The summed E-state index contributed by atoms with van der Waals surface area (Å²) in [6, 6.07) is 3.29. The lowest BCUT2D eigenvalue weighted by Gasteiger charge is -2.17. The summed E-state index contributed by atoms with van der Waals surface area (Å²) in [7, 11) is 0. The lowest BCUT2D eigenvalue weighted by molar-refractivity contribution is -0.120. The number of amides is 2. The van der Waals surface area contributed by atoms with Crippen molar-refractivity contribution in [3.63, 3.8) is 0 Å². The van der Waals surface area contributed by atoms with Crippen LogP contribution >= 0.6 is 15.9 Å². The first-order valence-corrected chi connectivity index (χ1v) is 5.77. The molecule has 16 heavy (non-hydrogen) atoms. The van der Waals surface area contributed by atoms with E-state index in [0.29, 0.717) is 36.5 Å². The molecule has 6 heteroatoms. The Morgan fingerprint density at radius 1 is 1.44 bits per heavy atom. The molecule has 2 amide bonds. The molecule has 0 saturated carbocycles. The van der Waals surface area contributed by atoms with E-state index in [9.17, 15) is 9.59 Å². The molecule has 1 aromatic rings. The molecule has 0 aromatic carbocycles. The summed E-state index contributed by atoms with van der Waals surface area (Å²) >= 11 is 3.15. The Kier molecular flexibility index (Phi) is 3.28. The van der Waals surface area contributed by atoms with Crippen molar-refractivity contribution in [2.45, 2.75) is 6.42 Å². The summed E-state index contributed by atoms with van der Waals surface area (Å²) in [5.41, 5.74) is 0. The number of halogens is 1. The van der Waals surface area contributed by atoms with Gasteiger partial charge >= 0.3 is 0 Å². The zero-order chi connectivity index (χ0) is 11.5. The summed E-state index contributed by atoms with van der Waals surface area (Å²) < 4.78 is 5.71. The maximum absolute atomic E-state index is 11.9. The summed E-state index contributed by atoms with van der Waals surface area (Å²) in [5.74, 6) is 0.0966. The second kappa shape index (κ2) is 4.69. The van der Waals surface area contributed by atoms with Crippen LogP contribution in [0, 0.1) is 0 Å². The van der Waals surface area contributed by atoms with Crippen LogP contribution in [0.25, 0.3) is 0 Å². The molecule has 2 rings (SSSR count). The largest absolute Gasteiger partial charge is 0.444 e. The van der Waals surface area contributed by atoms with E-state index < -0.39 is 0 Å². The second-order valence-electron chi connectivity index (χ2n) is 3.50. The van der Waals surface area contributed by atoms with E-state index in [1.165, 1.54) is 0 Å². The lowest BCUT2D eigenvalue weighted by atomic mass is 10.3. The molecule has 1 fully saturated rings. The van der Waals surface area contributed by atoms with Gasteiger partial charge in [-0.25, -0.2) is 0 Å². The molecule has 86 valence electrons. The smallest absolute Gasteiger partial charge is 0.289 e. The van der Waals surface area contributed by atoms with E-state index in [-0.39, 0.29) is 11.8 Å². The molecule has 1 saturated heterocycles. The minimum absolute atomic E-state index is 0.0177. The first-order chi connectivity index (χ1) is 7.66. The lowest BCUT2D eigenvalue weighted by Crippen LogP contribution is -2.33. The fraction of sp³-hybridized carbons (Fsp3) is 0.400. The van der Waals surface area contributed by atoms with Gasteiger partial charge in [0.2, 0.25) is 5.91 Å². The predicted molar refractivity (Wildman–Crippen MR) is 59.9 cm³/mol. The third-order valence-electron chi connectivity index (χ3n) is 2.38. The zero-order valence-electron chi connectivity index (χ0n) is 8.53. The topological polar surface area (TPSA) is 62.6 Å². The van der Waals surface area contributed by atoms with Crippen molar-refractivity contribution in [2.24, 2.45) is 0 Å². The number of hydrogen-bond donors (Lipinski definition) is 1. The molecule has 0 radical (unpaired) electrons. The molecular formula is C10H11BrN2O3. The monoisotopic (exact) mass is 286 g/mol. The maximum atomic E-state index is 11.9. The fourth-order valence-electron chi connectivity index (χ4n) is 1.56. The molecule has 1 N–H and O–H groups in total. The molecule has 0 spiro atoms. The Labute approximate surface area is 101 Å². The number of rotatable bonds is 1. The van der Waals surface area contributed by atoms with E-state index in [4.69, 9.17) is 4.42 Å². The van der Waals surface area contributed by atoms with Gasteiger partial charge in [-0.3, -0.25) is 9.59 Å². The first-order valence-electron chi connectivity index (χ1n) is 4.98. The number of nitrogens with zero attached hydrogens (tertiary/aromatic N) is 1. The molecule has 0 bridgehead atoms. The Balaban J connectivity index is 2.06. The van der Waals surface area contributed by atoms with Crippen LogP contribution in [-0.4, -0.2) is 36.3 Å². The molecule has 1 aromatic heterocycles. The molecule has 1 aliphatic heterocycles. The number of hydrogen-bond acceptors (Lipinski definition) is 3. The van der Waals surface area contributed by atoms with Gasteiger partial charge in [-0.15, -0.1) is 0 Å². The highest BCUT2D eigenvalue weighted by atomic mass is 79.9. The Bertz CT molecular complexity index is 416.